The van der Waals surface area contributed by atoms with Crippen molar-refractivity contribution in [3.8, 4) is 0 Å². The molecule has 0 saturated carbocycles. The Labute approximate surface area is 156 Å². The van der Waals surface area contributed by atoms with Crippen molar-refractivity contribution in [1.29, 1.82) is 0 Å². The lowest BCUT2D eigenvalue weighted by Crippen LogP contribution is -2.43. The summed E-state index contributed by atoms with van der Waals surface area (Å²) < 4.78 is 10.6. The fraction of sp³-hybridized carbons (Fsp3) is 0.286. The van der Waals surface area contributed by atoms with Gasteiger partial charge in [0.1, 0.15) is 5.69 Å². The summed E-state index contributed by atoms with van der Waals surface area (Å²) in [6.07, 6.45) is -0.113. The lowest BCUT2D eigenvalue weighted by Gasteiger charge is -2.25. The number of hydrogen-bond donors (Lipinski definition) is 0. The molecule has 2 aromatic carbocycles. The van der Waals surface area contributed by atoms with Crippen molar-refractivity contribution in [2.24, 2.45) is 0 Å². The number of aromatic nitrogens is 1. The van der Waals surface area contributed by atoms with Crippen LogP contribution in [0.25, 0.3) is 11.0 Å². The Kier molecular flexibility index (Phi) is 4.39. The third-order valence-corrected chi connectivity index (χ3v) is 4.86. The summed E-state index contributed by atoms with van der Waals surface area (Å²) in [6, 6.07) is 15.2. The molecule has 6 heteroatoms. The van der Waals surface area contributed by atoms with E-state index in [-0.39, 0.29) is 18.4 Å². The largest absolute Gasteiger partial charge is 0.452 e. The maximum absolute atomic E-state index is 12.9. The molecule has 0 bridgehead atoms. The molecule has 2 atom stereocenters. The van der Waals surface area contributed by atoms with Gasteiger partial charge in [0.2, 0.25) is 0 Å². The van der Waals surface area contributed by atoms with E-state index >= 15 is 0 Å². The first-order chi connectivity index (χ1) is 13.0. The number of ether oxygens (including phenoxy) is 1. The SMILES string of the molecule is C[C@@H](OC(=O)Cc1noc2ccccc12)C(=O)N1c2ccccc2C[C@@H]1C. The van der Waals surface area contributed by atoms with Crippen LogP contribution in [0.15, 0.2) is 53.1 Å². The number of hydrogen-bond acceptors (Lipinski definition) is 5. The topological polar surface area (TPSA) is 72.6 Å². The normalized spacial score (nSPS) is 17.0. The van der Waals surface area contributed by atoms with Crippen molar-refractivity contribution in [2.45, 2.75) is 38.8 Å². The van der Waals surface area contributed by atoms with Crippen LogP contribution in [0.5, 0.6) is 0 Å². The summed E-state index contributed by atoms with van der Waals surface area (Å²) in [5, 5.41) is 4.71. The molecular weight excluding hydrogens is 344 g/mol. The molecule has 1 aromatic heterocycles. The van der Waals surface area contributed by atoms with Gasteiger partial charge >= 0.3 is 5.97 Å². The number of esters is 1. The van der Waals surface area contributed by atoms with E-state index in [2.05, 4.69) is 5.16 Å². The van der Waals surface area contributed by atoms with Gasteiger partial charge < -0.3 is 14.2 Å². The van der Waals surface area contributed by atoms with Crippen LogP contribution in [0, 0.1) is 0 Å². The molecular formula is C21H20N2O4. The highest BCUT2D eigenvalue weighted by atomic mass is 16.5. The maximum atomic E-state index is 12.9. The second-order valence-electron chi connectivity index (χ2n) is 6.82. The van der Waals surface area contributed by atoms with Gasteiger partial charge in [-0.2, -0.15) is 0 Å². The average Bonchev–Trinajstić information content (AvgIpc) is 3.21. The molecule has 0 unspecified atom stereocenters. The third kappa shape index (κ3) is 3.18. The van der Waals surface area contributed by atoms with Gasteiger partial charge in [-0.3, -0.25) is 9.59 Å². The number of nitrogens with zero attached hydrogens (tertiary/aromatic N) is 2. The fourth-order valence-electron chi connectivity index (χ4n) is 3.59. The van der Waals surface area contributed by atoms with E-state index in [4.69, 9.17) is 9.26 Å². The standard InChI is InChI=1S/C21H20N2O4/c1-13-11-15-7-3-5-9-18(15)23(13)21(25)14(2)26-20(24)12-17-16-8-4-6-10-19(16)27-22-17/h3-10,13-14H,11-12H2,1-2H3/t13-,14+/m0/s1. The summed E-state index contributed by atoms with van der Waals surface area (Å²) in [5.41, 5.74) is 3.15. The molecule has 1 amide bonds. The lowest BCUT2D eigenvalue weighted by atomic mass is 10.1. The number of amides is 1. The van der Waals surface area contributed by atoms with Crippen molar-refractivity contribution in [2.75, 3.05) is 4.90 Å². The minimum atomic E-state index is -0.871. The zero-order valence-corrected chi connectivity index (χ0v) is 15.2. The summed E-state index contributed by atoms with van der Waals surface area (Å²) in [4.78, 5) is 26.9. The molecule has 0 aliphatic carbocycles. The van der Waals surface area contributed by atoms with Crippen LogP contribution < -0.4 is 4.90 Å². The number of carbonyl (C=O) groups is 2. The zero-order chi connectivity index (χ0) is 19.0. The quantitative estimate of drug-likeness (QED) is 0.664. The predicted octanol–water partition coefficient (Wildman–Crippen LogP) is 3.28. The molecule has 0 radical (unpaired) electrons. The number of fused-ring (bicyclic) bond motifs is 2. The second kappa shape index (κ2) is 6.87. The molecule has 3 aromatic rings. The van der Waals surface area contributed by atoms with Crippen LogP contribution >= 0.6 is 0 Å². The first-order valence-electron chi connectivity index (χ1n) is 8.98. The van der Waals surface area contributed by atoms with Gasteiger partial charge in [-0.05, 0) is 44.0 Å². The Morgan fingerprint density at radius 3 is 2.81 bits per heavy atom. The van der Waals surface area contributed by atoms with Crippen molar-refractivity contribution in [3.63, 3.8) is 0 Å². The molecule has 138 valence electrons. The molecule has 0 fully saturated rings. The maximum Gasteiger partial charge on any atom is 0.312 e. The Balaban J connectivity index is 1.45. The third-order valence-electron chi connectivity index (χ3n) is 4.86. The van der Waals surface area contributed by atoms with E-state index in [1.807, 2.05) is 49.4 Å². The van der Waals surface area contributed by atoms with E-state index in [9.17, 15) is 9.59 Å². The first kappa shape index (κ1) is 17.3. The van der Waals surface area contributed by atoms with Gasteiger partial charge in [-0.15, -0.1) is 0 Å². The molecule has 2 heterocycles. The minimum absolute atomic E-state index is 0.0375. The summed E-state index contributed by atoms with van der Waals surface area (Å²) in [6.45, 7) is 3.60. The van der Waals surface area contributed by atoms with E-state index in [0.29, 0.717) is 11.3 Å². The number of benzene rings is 2. The smallest absolute Gasteiger partial charge is 0.312 e. The highest BCUT2D eigenvalue weighted by molar-refractivity contribution is 5.99. The number of carbonyl (C=O) groups excluding carboxylic acids is 2. The van der Waals surface area contributed by atoms with Gasteiger partial charge in [-0.1, -0.05) is 35.5 Å². The summed E-state index contributed by atoms with van der Waals surface area (Å²) in [7, 11) is 0. The van der Waals surface area contributed by atoms with Crippen LogP contribution in [0.1, 0.15) is 25.1 Å². The number of para-hydroxylation sites is 2. The van der Waals surface area contributed by atoms with Crippen LogP contribution in [0.4, 0.5) is 5.69 Å². The molecule has 0 spiro atoms. The summed E-state index contributed by atoms with van der Waals surface area (Å²) >= 11 is 0. The predicted molar refractivity (Wildman–Crippen MR) is 100 cm³/mol. The van der Waals surface area contributed by atoms with E-state index in [0.717, 1.165) is 23.1 Å². The van der Waals surface area contributed by atoms with Crippen molar-refractivity contribution in [3.05, 3.63) is 59.8 Å². The van der Waals surface area contributed by atoms with Gasteiger partial charge in [0.15, 0.2) is 11.7 Å². The lowest BCUT2D eigenvalue weighted by molar-refractivity contribution is -0.153. The second-order valence-corrected chi connectivity index (χ2v) is 6.82. The Morgan fingerprint density at radius 2 is 1.96 bits per heavy atom. The van der Waals surface area contributed by atoms with Crippen molar-refractivity contribution < 1.29 is 18.8 Å². The van der Waals surface area contributed by atoms with Gasteiger partial charge in [-0.25, -0.2) is 0 Å². The van der Waals surface area contributed by atoms with Crippen LogP contribution in [-0.2, 0) is 27.2 Å². The van der Waals surface area contributed by atoms with E-state index < -0.39 is 12.1 Å². The van der Waals surface area contributed by atoms with Crippen molar-refractivity contribution in [1.82, 2.24) is 5.16 Å². The van der Waals surface area contributed by atoms with Crippen LogP contribution in [0.3, 0.4) is 0 Å². The zero-order valence-electron chi connectivity index (χ0n) is 15.2. The Hall–Kier alpha value is -3.15. The number of anilines is 1. The highest BCUT2D eigenvalue weighted by Crippen LogP contribution is 2.32. The summed E-state index contributed by atoms with van der Waals surface area (Å²) in [5.74, 6) is -0.721. The molecule has 1 aliphatic heterocycles. The Bertz CT molecular complexity index is 1010. The first-order valence-corrected chi connectivity index (χ1v) is 8.98. The van der Waals surface area contributed by atoms with Crippen molar-refractivity contribution >= 4 is 28.5 Å². The molecule has 6 nitrogen and oxygen atoms in total. The molecule has 0 saturated heterocycles. The molecule has 1 aliphatic rings. The monoisotopic (exact) mass is 364 g/mol. The van der Waals surface area contributed by atoms with Gasteiger partial charge in [0.05, 0.1) is 6.42 Å². The highest BCUT2D eigenvalue weighted by Gasteiger charge is 2.34. The molecule has 0 N–H and O–H groups in total. The van der Waals surface area contributed by atoms with Crippen LogP contribution in [-0.4, -0.2) is 29.2 Å². The molecule has 27 heavy (non-hydrogen) atoms. The van der Waals surface area contributed by atoms with E-state index in [1.54, 1.807) is 17.9 Å². The Morgan fingerprint density at radius 1 is 1.22 bits per heavy atom. The van der Waals surface area contributed by atoms with Crippen LogP contribution in [0.2, 0.25) is 0 Å². The minimum Gasteiger partial charge on any atom is -0.452 e. The van der Waals surface area contributed by atoms with Gasteiger partial charge in [0, 0.05) is 17.1 Å². The van der Waals surface area contributed by atoms with E-state index in [1.165, 1.54) is 0 Å². The number of rotatable bonds is 4. The average molecular weight is 364 g/mol. The van der Waals surface area contributed by atoms with Gasteiger partial charge in [0.25, 0.3) is 5.91 Å². The fourth-order valence-corrected chi connectivity index (χ4v) is 3.59. The molecule has 4 rings (SSSR count).